The molecule has 0 amide bonds. The van der Waals surface area contributed by atoms with Crippen molar-refractivity contribution in [3.63, 3.8) is 0 Å². The van der Waals surface area contributed by atoms with Gasteiger partial charge >= 0.3 is 5.69 Å². The third kappa shape index (κ3) is 4.26. The lowest BCUT2D eigenvalue weighted by atomic mass is 10.1. The van der Waals surface area contributed by atoms with Gasteiger partial charge in [0.05, 0.1) is 18.7 Å². The first-order chi connectivity index (χ1) is 13.7. The van der Waals surface area contributed by atoms with E-state index in [9.17, 15) is 4.79 Å². The van der Waals surface area contributed by atoms with Crippen LogP contribution in [-0.4, -0.2) is 52.8 Å². The summed E-state index contributed by atoms with van der Waals surface area (Å²) in [6.07, 6.45) is 2.59. The molecule has 7 heteroatoms. The predicted molar refractivity (Wildman–Crippen MR) is 108 cm³/mol. The van der Waals surface area contributed by atoms with Crippen LogP contribution < -0.4 is 10.4 Å². The number of ether oxygens (including phenoxy) is 2. The first-order valence-electron chi connectivity index (χ1n) is 9.74. The van der Waals surface area contributed by atoms with Gasteiger partial charge in [-0.3, -0.25) is 9.47 Å². The van der Waals surface area contributed by atoms with Crippen molar-refractivity contribution in [3.8, 4) is 5.88 Å². The number of aromatic amines is 1. The fraction of sp³-hybridized carbons (Fsp3) is 0.429. The van der Waals surface area contributed by atoms with Crippen LogP contribution in [0.1, 0.15) is 24.0 Å². The Balaban J connectivity index is 1.50. The first-order valence-corrected chi connectivity index (χ1v) is 9.74. The topological polar surface area (TPSA) is 72.4 Å². The number of likely N-dealkylation sites (tertiary alicyclic amines) is 1. The number of imidazole rings is 1. The Hall–Kier alpha value is -2.64. The summed E-state index contributed by atoms with van der Waals surface area (Å²) in [5.74, 6) is 0.485. The first kappa shape index (κ1) is 18.7. The molecule has 148 valence electrons. The Labute approximate surface area is 163 Å². The summed E-state index contributed by atoms with van der Waals surface area (Å²) in [6.45, 7) is 4.75. The minimum absolute atomic E-state index is 0.169. The molecule has 1 N–H and O–H groups in total. The summed E-state index contributed by atoms with van der Waals surface area (Å²) in [7, 11) is 1.63. The summed E-state index contributed by atoms with van der Waals surface area (Å²) in [4.78, 5) is 22.2. The minimum Gasteiger partial charge on any atom is -0.475 e. The maximum absolute atomic E-state index is 12.4. The Morgan fingerprint density at radius 3 is 2.43 bits per heavy atom. The van der Waals surface area contributed by atoms with E-state index in [1.807, 2.05) is 6.07 Å². The molecule has 0 bridgehead atoms. The molecule has 3 aromatic rings. The monoisotopic (exact) mass is 382 g/mol. The summed E-state index contributed by atoms with van der Waals surface area (Å²) in [6, 6.07) is 12.1. The van der Waals surface area contributed by atoms with E-state index in [-0.39, 0.29) is 5.69 Å². The van der Waals surface area contributed by atoms with Gasteiger partial charge in [-0.05, 0) is 43.1 Å². The van der Waals surface area contributed by atoms with Crippen LogP contribution >= 0.6 is 0 Å². The lowest BCUT2D eigenvalue weighted by Crippen LogP contribution is -2.19. The van der Waals surface area contributed by atoms with Gasteiger partial charge in [-0.1, -0.05) is 24.3 Å². The highest BCUT2D eigenvalue weighted by atomic mass is 16.5. The fourth-order valence-electron chi connectivity index (χ4n) is 3.60. The van der Waals surface area contributed by atoms with E-state index >= 15 is 0 Å². The van der Waals surface area contributed by atoms with Crippen LogP contribution in [0, 0.1) is 0 Å². The number of hydrogen-bond acceptors (Lipinski definition) is 5. The second kappa shape index (κ2) is 8.58. The molecule has 28 heavy (non-hydrogen) atoms. The third-order valence-electron chi connectivity index (χ3n) is 5.10. The number of pyridine rings is 1. The van der Waals surface area contributed by atoms with E-state index in [0.717, 1.165) is 12.1 Å². The van der Waals surface area contributed by atoms with Crippen molar-refractivity contribution in [2.24, 2.45) is 0 Å². The molecule has 3 heterocycles. The van der Waals surface area contributed by atoms with Crippen molar-refractivity contribution in [2.45, 2.75) is 25.9 Å². The van der Waals surface area contributed by atoms with Gasteiger partial charge in [-0.25, -0.2) is 4.79 Å². The van der Waals surface area contributed by atoms with Gasteiger partial charge in [-0.15, -0.1) is 0 Å². The quantitative estimate of drug-likeness (QED) is 0.606. The normalized spacial score (nSPS) is 14.8. The number of benzene rings is 1. The van der Waals surface area contributed by atoms with E-state index in [4.69, 9.17) is 9.47 Å². The number of aromatic nitrogens is 3. The van der Waals surface area contributed by atoms with Crippen LogP contribution in [0.2, 0.25) is 0 Å². The molecule has 2 aromatic heterocycles. The maximum Gasteiger partial charge on any atom is 0.327 e. The van der Waals surface area contributed by atoms with Crippen LogP contribution in [0.4, 0.5) is 0 Å². The molecule has 1 aliphatic rings. The molecule has 0 unspecified atom stereocenters. The average molecular weight is 382 g/mol. The van der Waals surface area contributed by atoms with Gasteiger partial charge in [-0.2, -0.15) is 4.98 Å². The zero-order valence-electron chi connectivity index (χ0n) is 16.2. The van der Waals surface area contributed by atoms with Gasteiger partial charge in [0, 0.05) is 19.7 Å². The predicted octanol–water partition coefficient (Wildman–Crippen LogP) is 2.39. The molecule has 0 saturated carbocycles. The van der Waals surface area contributed by atoms with E-state index < -0.39 is 0 Å². The molecular formula is C21H26N4O3. The number of hydrogen-bond donors (Lipinski definition) is 1. The highest BCUT2D eigenvalue weighted by molar-refractivity contribution is 5.71. The van der Waals surface area contributed by atoms with Crippen LogP contribution in [-0.2, 0) is 17.8 Å². The molecule has 0 spiro atoms. The molecule has 0 aliphatic carbocycles. The minimum atomic E-state index is -0.169. The van der Waals surface area contributed by atoms with Crippen molar-refractivity contribution in [1.29, 1.82) is 0 Å². The van der Waals surface area contributed by atoms with Crippen LogP contribution in [0.25, 0.3) is 11.2 Å². The highest BCUT2D eigenvalue weighted by Gasteiger charge is 2.13. The average Bonchev–Trinajstić information content (AvgIpc) is 3.32. The Morgan fingerprint density at radius 2 is 1.71 bits per heavy atom. The lowest BCUT2D eigenvalue weighted by molar-refractivity contribution is 0.144. The summed E-state index contributed by atoms with van der Waals surface area (Å²) >= 11 is 0. The molecule has 1 aliphatic heterocycles. The molecular weight excluding hydrogens is 356 g/mol. The smallest absolute Gasteiger partial charge is 0.327 e. The van der Waals surface area contributed by atoms with E-state index in [1.165, 1.54) is 31.5 Å². The van der Waals surface area contributed by atoms with Gasteiger partial charge in [0.1, 0.15) is 6.61 Å². The highest BCUT2D eigenvalue weighted by Crippen LogP contribution is 2.17. The van der Waals surface area contributed by atoms with Gasteiger partial charge < -0.3 is 14.5 Å². The molecule has 4 rings (SSSR count). The summed E-state index contributed by atoms with van der Waals surface area (Å²) in [5, 5.41) is 0. The van der Waals surface area contributed by atoms with Crippen molar-refractivity contribution in [2.75, 3.05) is 33.4 Å². The number of methoxy groups -OCH3 is 1. The largest absolute Gasteiger partial charge is 0.475 e. The molecule has 0 atom stereocenters. The number of rotatable bonds is 8. The zero-order chi connectivity index (χ0) is 19.3. The van der Waals surface area contributed by atoms with Gasteiger partial charge in [0.15, 0.2) is 5.65 Å². The van der Waals surface area contributed by atoms with E-state index in [0.29, 0.717) is 36.8 Å². The third-order valence-corrected chi connectivity index (χ3v) is 5.10. The molecule has 1 aromatic carbocycles. The Bertz CT molecular complexity index is 971. The fourth-order valence-corrected chi connectivity index (χ4v) is 3.60. The maximum atomic E-state index is 12.4. The molecule has 1 saturated heterocycles. The van der Waals surface area contributed by atoms with Crippen LogP contribution in [0.15, 0.2) is 41.2 Å². The second-order valence-corrected chi connectivity index (χ2v) is 7.18. The summed E-state index contributed by atoms with van der Waals surface area (Å²) < 4.78 is 12.2. The molecule has 7 nitrogen and oxygen atoms in total. The molecule has 1 fully saturated rings. The molecule has 0 radical (unpaired) electrons. The van der Waals surface area contributed by atoms with Crippen molar-refractivity contribution in [3.05, 3.63) is 58.0 Å². The second-order valence-electron chi connectivity index (χ2n) is 7.18. The van der Waals surface area contributed by atoms with Crippen LogP contribution in [0.5, 0.6) is 5.88 Å². The van der Waals surface area contributed by atoms with Crippen molar-refractivity contribution in [1.82, 2.24) is 19.4 Å². The number of H-pyrrole nitrogens is 1. The zero-order valence-corrected chi connectivity index (χ0v) is 16.2. The van der Waals surface area contributed by atoms with Gasteiger partial charge in [0.2, 0.25) is 5.88 Å². The van der Waals surface area contributed by atoms with Gasteiger partial charge in [0.25, 0.3) is 0 Å². The standard InChI is InChI=1S/C21H26N4O3/c1-27-12-13-28-19-9-8-18-20(23-19)25(21(26)22-18)15-17-6-4-16(5-7-17)14-24-10-2-3-11-24/h4-9H,2-3,10-15H2,1H3,(H,22,26). The number of fused-ring (bicyclic) bond motifs is 1. The Kier molecular flexibility index (Phi) is 5.73. The SMILES string of the molecule is COCCOc1ccc2[nH]c(=O)n(Cc3ccc(CN4CCCC4)cc3)c2n1. The number of nitrogens with one attached hydrogen (secondary N) is 1. The summed E-state index contributed by atoms with van der Waals surface area (Å²) in [5.41, 5.74) is 3.51. The van der Waals surface area contributed by atoms with E-state index in [2.05, 4.69) is 39.1 Å². The van der Waals surface area contributed by atoms with Crippen molar-refractivity contribution >= 4 is 11.2 Å². The van der Waals surface area contributed by atoms with Crippen molar-refractivity contribution < 1.29 is 9.47 Å². The number of nitrogens with zero attached hydrogens (tertiary/aromatic N) is 3. The van der Waals surface area contributed by atoms with Crippen LogP contribution in [0.3, 0.4) is 0 Å². The lowest BCUT2D eigenvalue weighted by Gasteiger charge is -2.14. The Morgan fingerprint density at radius 1 is 1.00 bits per heavy atom. The van der Waals surface area contributed by atoms with E-state index in [1.54, 1.807) is 17.7 Å².